The summed E-state index contributed by atoms with van der Waals surface area (Å²) < 4.78 is 0. The molecule has 75 heavy (non-hydrogen) atoms. The average Bonchev–Trinajstić information content (AvgIpc) is 3.57. The molecule has 0 spiro atoms. The van der Waals surface area contributed by atoms with Crippen LogP contribution in [-0.4, -0.2) is 14.8 Å². The molecule has 12 aromatic rings. The largest absolute Gasteiger partial charge is 0.311 e. The molecule has 15 rings (SSSR count). The first-order valence-corrected chi connectivity index (χ1v) is 28.0. The second-order valence-electron chi connectivity index (χ2n) is 20.0. The van der Waals surface area contributed by atoms with Crippen molar-refractivity contribution in [3.8, 4) is 22.3 Å². The van der Waals surface area contributed by atoms with E-state index in [1.165, 1.54) is 104 Å². The quantitative estimate of drug-likeness (QED) is 0.147. The van der Waals surface area contributed by atoms with Crippen molar-refractivity contribution >= 4 is 114 Å². The van der Waals surface area contributed by atoms with Crippen molar-refractivity contribution < 1.29 is 0 Å². The first kappa shape index (κ1) is 43.2. The molecule has 0 radical (unpaired) electrons. The predicted molar refractivity (Wildman–Crippen MR) is 321 cm³/mol. The molecule has 0 aromatic heterocycles. The van der Waals surface area contributed by atoms with E-state index in [0.717, 1.165) is 17.1 Å². The second-order valence-corrected chi connectivity index (χ2v) is 23.7. The Morgan fingerprint density at radius 3 is 1.32 bits per heavy atom. The summed E-state index contributed by atoms with van der Waals surface area (Å²) >= 11 is 0. The maximum Gasteiger partial charge on any atom is 0.252 e. The minimum absolute atomic E-state index is 0.0289. The molecule has 0 bridgehead atoms. The number of nitrogens with zero attached hydrogens (tertiary/aromatic N) is 3. The molecule has 3 nitrogen and oxygen atoms in total. The first-order chi connectivity index (χ1) is 37.2. The summed E-state index contributed by atoms with van der Waals surface area (Å²) in [6, 6.07) is 109. The number of hydrogen-bond acceptors (Lipinski definition) is 3. The Hall–Kier alpha value is -9.42. The Kier molecular flexibility index (Phi) is 10.0. The summed E-state index contributed by atoms with van der Waals surface area (Å²) in [4.78, 5) is 7.62. The summed E-state index contributed by atoms with van der Waals surface area (Å²) in [5, 5.41) is 7.91. The molecule has 0 fully saturated rings. The molecule has 350 valence electrons. The van der Waals surface area contributed by atoms with E-state index < -0.39 is 8.07 Å². The van der Waals surface area contributed by atoms with Crippen LogP contribution in [0.15, 0.2) is 291 Å². The number of hydrogen-bond donors (Lipinski definition) is 0. The van der Waals surface area contributed by atoms with E-state index in [1.54, 1.807) is 0 Å². The molecule has 0 atom stereocenters. The van der Waals surface area contributed by atoms with E-state index in [0.29, 0.717) is 0 Å². The van der Waals surface area contributed by atoms with Gasteiger partial charge in [-0.05, 0) is 125 Å². The molecule has 5 heteroatoms. The first-order valence-electron chi connectivity index (χ1n) is 26.0. The molecule has 12 aromatic carbocycles. The predicted octanol–water partition coefficient (Wildman–Crippen LogP) is 13.4. The smallest absolute Gasteiger partial charge is 0.252 e. The molecule has 3 aliphatic rings. The molecule has 0 amide bonds. The van der Waals surface area contributed by atoms with Crippen LogP contribution in [0.1, 0.15) is 0 Å². The number of para-hydroxylation sites is 2. The van der Waals surface area contributed by atoms with Gasteiger partial charge in [-0.2, -0.15) is 0 Å². The maximum atomic E-state index is 2.58. The Morgan fingerprint density at radius 1 is 0.280 bits per heavy atom. The van der Waals surface area contributed by atoms with Gasteiger partial charge in [0.05, 0.1) is 0 Å². The lowest BCUT2D eigenvalue weighted by molar-refractivity contribution is 1.24. The zero-order chi connectivity index (χ0) is 49.5. The number of rotatable bonds is 7. The average molecular weight is 970 g/mol. The van der Waals surface area contributed by atoms with Crippen LogP contribution < -0.4 is 51.8 Å². The van der Waals surface area contributed by atoms with Gasteiger partial charge < -0.3 is 14.7 Å². The Bertz CT molecular complexity index is 4000. The third-order valence-electron chi connectivity index (χ3n) is 16.1. The Morgan fingerprint density at radius 2 is 0.747 bits per heavy atom. The summed E-state index contributed by atoms with van der Waals surface area (Å²) in [6.07, 6.45) is 0. The fourth-order valence-electron chi connectivity index (χ4n) is 12.9. The lowest BCUT2D eigenvalue weighted by Gasteiger charge is -2.46. The fraction of sp³-hybridized carbons (Fsp3) is 0. The SMILES string of the molecule is c1ccc(-c2ccc3c(c2)[Si](c2ccccc2)(c2ccccc2)c2cc(-c4ccccc4)ccc2N3c2ccc3c(c2)N(c2ccccc2)c2cccc4c2B3c2ccc3ccccc3c2N4c2ccccc2)cc1. The highest BCUT2D eigenvalue weighted by atomic mass is 28.3. The molecular formula is C70H48BN3Si. The normalized spacial score (nSPS) is 13.6. The minimum atomic E-state index is -3.09. The second kappa shape index (κ2) is 17.4. The van der Waals surface area contributed by atoms with Gasteiger partial charge in [-0.3, -0.25) is 0 Å². The summed E-state index contributed by atoms with van der Waals surface area (Å²) in [7, 11) is -3.09. The van der Waals surface area contributed by atoms with Crippen LogP contribution in [0, 0.1) is 0 Å². The summed E-state index contributed by atoms with van der Waals surface area (Å²) in [5.41, 5.74) is 19.3. The van der Waals surface area contributed by atoms with E-state index in [4.69, 9.17) is 0 Å². The van der Waals surface area contributed by atoms with Crippen LogP contribution in [0.3, 0.4) is 0 Å². The van der Waals surface area contributed by atoms with Crippen molar-refractivity contribution in [1.29, 1.82) is 0 Å². The summed E-state index contributed by atoms with van der Waals surface area (Å²) in [5.74, 6) is 0. The fourth-order valence-corrected chi connectivity index (χ4v) is 18.1. The van der Waals surface area contributed by atoms with Gasteiger partial charge in [-0.25, -0.2) is 0 Å². The van der Waals surface area contributed by atoms with E-state index in [9.17, 15) is 0 Å². The molecule has 3 heterocycles. The highest BCUT2D eigenvalue weighted by Gasteiger charge is 2.50. The lowest BCUT2D eigenvalue weighted by Crippen LogP contribution is -2.77. The Balaban J connectivity index is 1.03. The van der Waals surface area contributed by atoms with Crippen molar-refractivity contribution in [3.63, 3.8) is 0 Å². The van der Waals surface area contributed by atoms with Crippen molar-refractivity contribution in [2.75, 3.05) is 14.7 Å². The van der Waals surface area contributed by atoms with Crippen LogP contribution in [-0.2, 0) is 0 Å². The van der Waals surface area contributed by atoms with Gasteiger partial charge in [0.2, 0.25) is 0 Å². The van der Waals surface area contributed by atoms with Crippen molar-refractivity contribution in [3.05, 3.63) is 291 Å². The maximum absolute atomic E-state index is 3.09. The van der Waals surface area contributed by atoms with Crippen LogP contribution in [0.25, 0.3) is 33.0 Å². The van der Waals surface area contributed by atoms with Crippen molar-refractivity contribution in [2.24, 2.45) is 0 Å². The van der Waals surface area contributed by atoms with Crippen LogP contribution in [0.4, 0.5) is 51.2 Å². The van der Waals surface area contributed by atoms with E-state index >= 15 is 0 Å². The molecule has 0 N–H and O–H groups in total. The van der Waals surface area contributed by atoms with E-state index in [1.807, 2.05) is 0 Å². The molecule has 0 aliphatic carbocycles. The lowest BCUT2D eigenvalue weighted by atomic mass is 9.33. The topological polar surface area (TPSA) is 9.72 Å². The van der Waals surface area contributed by atoms with E-state index in [-0.39, 0.29) is 6.71 Å². The van der Waals surface area contributed by atoms with Gasteiger partial charge in [-0.15, -0.1) is 0 Å². The third kappa shape index (κ3) is 6.61. The van der Waals surface area contributed by atoms with Crippen molar-refractivity contribution in [1.82, 2.24) is 0 Å². The van der Waals surface area contributed by atoms with Gasteiger partial charge in [0.25, 0.3) is 6.71 Å². The molecule has 0 saturated carbocycles. The van der Waals surface area contributed by atoms with Gasteiger partial charge >= 0.3 is 0 Å². The van der Waals surface area contributed by atoms with Crippen LogP contribution in [0.5, 0.6) is 0 Å². The van der Waals surface area contributed by atoms with Crippen LogP contribution in [0.2, 0.25) is 0 Å². The van der Waals surface area contributed by atoms with Gasteiger partial charge in [0.1, 0.15) is 0 Å². The van der Waals surface area contributed by atoms with E-state index in [2.05, 4.69) is 306 Å². The molecular weight excluding hydrogens is 922 g/mol. The third-order valence-corrected chi connectivity index (χ3v) is 20.9. The molecule has 0 saturated heterocycles. The molecule has 0 unspecified atom stereocenters. The highest BCUT2D eigenvalue weighted by molar-refractivity contribution is 7.21. The number of fused-ring (bicyclic) bond motifs is 8. The van der Waals surface area contributed by atoms with Crippen molar-refractivity contribution in [2.45, 2.75) is 0 Å². The van der Waals surface area contributed by atoms with Gasteiger partial charge in [-0.1, -0.05) is 231 Å². The van der Waals surface area contributed by atoms with Gasteiger partial charge in [0.15, 0.2) is 8.07 Å². The number of benzene rings is 12. The zero-order valence-corrected chi connectivity index (χ0v) is 42.1. The van der Waals surface area contributed by atoms with Crippen LogP contribution >= 0.6 is 0 Å². The Labute approximate surface area is 439 Å². The minimum Gasteiger partial charge on any atom is -0.311 e. The highest BCUT2D eigenvalue weighted by Crippen LogP contribution is 2.48. The monoisotopic (exact) mass is 969 g/mol. The summed E-state index contributed by atoms with van der Waals surface area (Å²) in [6.45, 7) is -0.0289. The van der Waals surface area contributed by atoms with Gasteiger partial charge in [0, 0.05) is 56.6 Å². The zero-order valence-electron chi connectivity index (χ0n) is 41.1. The molecule has 3 aliphatic heterocycles. The standard InChI is InChI=1S/C70H48BN3Si/c1-7-22-49(23-8-1)52-39-44-62-67(46-52)75(57-31-15-5-16-32-57,58-33-17-6-18-34-58)68-47-53(50-24-9-2-10-25-50)40-45-63(68)73(62)56-41-43-60-66(48-56)72(54-27-11-3-12-28-54)64-36-21-37-65-69(64)71(60)61-42-38-51-26-19-20-35-59(51)70(61)74(65)55-29-13-4-14-30-55/h1-48H. The number of anilines is 9.